The maximum absolute atomic E-state index is 5.71. The number of ether oxygens (including phenoxy) is 1. The molecule has 26 heavy (non-hydrogen) atoms. The predicted octanol–water partition coefficient (Wildman–Crippen LogP) is 5.26. The van der Waals surface area contributed by atoms with Crippen molar-refractivity contribution in [3.63, 3.8) is 0 Å². The van der Waals surface area contributed by atoms with E-state index in [-0.39, 0.29) is 30.2 Å². The van der Waals surface area contributed by atoms with E-state index in [4.69, 9.17) is 4.74 Å². The Kier molecular flexibility index (Phi) is 10.9. The molecule has 6 heteroatoms. The number of benzene rings is 1. The van der Waals surface area contributed by atoms with E-state index in [9.17, 15) is 0 Å². The van der Waals surface area contributed by atoms with Gasteiger partial charge < -0.3 is 15.0 Å². The second kappa shape index (κ2) is 11.5. The van der Waals surface area contributed by atoms with Crippen LogP contribution in [0.3, 0.4) is 0 Å². The summed E-state index contributed by atoms with van der Waals surface area (Å²) in [5, 5.41) is 4.72. The molecule has 0 radical (unpaired) electrons. The third-order valence-electron chi connectivity index (χ3n) is 4.29. The second-order valence-electron chi connectivity index (χ2n) is 6.96. The van der Waals surface area contributed by atoms with Crippen LogP contribution >= 0.6 is 24.8 Å². The van der Waals surface area contributed by atoms with E-state index in [1.165, 1.54) is 0 Å². The lowest BCUT2D eigenvalue weighted by Gasteiger charge is -2.32. The maximum Gasteiger partial charge on any atom is 0.122 e. The molecular formula is C20H33Cl2N3O. The SMILES string of the molecule is CCOc1cc(NCC(C)(C)CN(CC)CC)c2ncccc2c1.Cl.Cl. The first-order valence-corrected chi connectivity index (χ1v) is 8.97. The molecule has 0 aliphatic rings. The molecule has 2 rings (SSSR count). The van der Waals surface area contributed by atoms with Crippen LogP contribution in [0.4, 0.5) is 5.69 Å². The molecule has 0 amide bonds. The van der Waals surface area contributed by atoms with E-state index in [2.05, 4.69) is 61.1 Å². The zero-order chi connectivity index (χ0) is 17.6. The Balaban J connectivity index is 0.00000312. The Hall–Kier alpha value is -1.23. The summed E-state index contributed by atoms with van der Waals surface area (Å²) in [4.78, 5) is 7.01. The van der Waals surface area contributed by atoms with Gasteiger partial charge in [-0.1, -0.05) is 33.8 Å². The molecule has 148 valence electrons. The fourth-order valence-corrected chi connectivity index (χ4v) is 2.99. The molecule has 0 saturated heterocycles. The Morgan fingerprint density at radius 2 is 1.81 bits per heavy atom. The summed E-state index contributed by atoms with van der Waals surface area (Å²) < 4.78 is 5.71. The van der Waals surface area contributed by atoms with Crippen molar-refractivity contribution in [3.8, 4) is 5.75 Å². The van der Waals surface area contributed by atoms with E-state index >= 15 is 0 Å². The normalized spacial score (nSPS) is 11.0. The standard InChI is InChI=1S/C20H31N3O.2ClH/c1-6-23(7-2)15-20(4,5)14-22-18-13-17(24-8-3)12-16-10-9-11-21-19(16)18;;/h9-13,22H,6-8,14-15H2,1-5H3;2*1H. The average molecular weight is 402 g/mol. The summed E-state index contributed by atoms with van der Waals surface area (Å²) in [7, 11) is 0. The summed E-state index contributed by atoms with van der Waals surface area (Å²) in [5.74, 6) is 0.891. The topological polar surface area (TPSA) is 37.4 Å². The molecule has 2 aromatic rings. The van der Waals surface area contributed by atoms with Crippen molar-refractivity contribution < 1.29 is 4.74 Å². The van der Waals surface area contributed by atoms with Gasteiger partial charge >= 0.3 is 0 Å². The van der Waals surface area contributed by atoms with Gasteiger partial charge in [-0.25, -0.2) is 0 Å². The number of nitrogens with zero attached hydrogens (tertiary/aromatic N) is 2. The monoisotopic (exact) mass is 401 g/mol. The lowest BCUT2D eigenvalue weighted by molar-refractivity contribution is 0.202. The molecule has 1 aromatic heterocycles. The van der Waals surface area contributed by atoms with Crippen LogP contribution in [0.5, 0.6) is 5.75 Å². The van der Waals surface area contributed by atoms with Crippen LogP contribution in [0.25, 0.3) is 10.9 Å². The van der Waals surface area contributed by atoms with Gasteiger partial charge in [-0.3, -0.25) is 4.98 Å². The Morgan fingerprint density at radius 3 is 2.42 bits per heavy atom. The van der Waals surface area contributed by atoms with Crippen molar-refractivity contribution in [1.82, 2.24) is 9.88 Å². The number of fused-ring (bicyclic) bond motifs is 1. The minimum absolute atomic E-state index is 0. The van der Waals surface area contributed by atoms with Gasteiger partial charge in [-0.05, 0) is 37.6 Å². The van der Waals surface area contributed by atoms with Gasteiger partial charge in [0.25, 0.3) is 0 Å². The van der Waals surface area contributed by atoms with E-state index in [0.717, 1.165) is 48.5 Å². The first-order valence-electron chi connectivity index (χ1n) is 8.97. The minimum atomic E-state index is 0. The van der Waals surface area contributed by atoms with Gasteiger partial charge in [0.2, 0.25) is 0 Å². The molecular weight excluding hydrogens is 369 g/mol. The van der Waals surface area contributed by atoms with Crippen LogP contribution in [0, 0.1) is 5.41 Å². The number of hydrogen-bond donors (Lipinski definition) is 1. The van der Waals surface area contributed by atoms with Gasteiger partial charge in [-0.2, -0.15) is 0 Å². The number of anilines is 1. The zero-order valence-corrected chi connectivity index (χ0v) is 18.2. The van der Waals surface area contributed by atoms with Crippen LogP contribution < -0.4 is 10.1 Å². The highest BCUT2D eigenvalue weighted by Crippen LogP contribution is 2.29. The second-order valence-corrected chi connectivity index (χ2v) is 6.96. The Bertz CT molecular complexity index is 661. The van der Waals surface area contributed by atoms with Crippen molar-refractivity contribution in [1.29, 1.82) is 0 Å². The number of halogens is 2. The number of aromatic nitrogens is 1. The van der Waals surface area contributed by atoms with E-state index in [0.29, 0.717) is 6.61 Å². The van der Waals surface area contributed by atoms with E-state index in [1.807, 2.05) is 19.2 Å². The molecule has 0 fully saturated rings. The molecule has 0 bridgehead atoms. The Labute approximate surface area is 170 Å². The summed E-state index contributed by atoms with van der Waals surface area (Å²) in [6, 6.07) is 8.16. The van der Waals surface area contributed by atoms with E-state index in [1.54, 1.807) is 0 Å². The van der Waals surface area contributed by atoms with Crippen LogP contribution in [0.15, 0.2) is 30.5 Å². The molecule has 1 N–H and O–H groups in total. The fraction of sp³-hybridized carbons (Fsp3) is 0.550. The third-order valence-corrected chi connectivity index (χ3v) is 4.29. The Morgan fingerprint density at radius 1 is 1.12 bits per heavy atom. The highest BCUT2D eigenvalue weighted by molar-refractivity contribution is 5.91. The largest absolute Gasteiger partial charge is 0.494 e. The first kappa shape index (κ1) is 24.8. The molecule has 0 aliphatic heterocycles. The summed E-state index contributed by atoms with van der Waals surface area (Å²) >= 11 is 0. The van der Waals surface area contributed by atoms with Crippen molar-refractivity contribution in [2.75, 3.05) is 38.1 Å². The van der Waals surface area contributed by atoms with Gasteiger partial charge in [0.15, 0.2) is 0 Å². The molecule has 0 aliphatic carbocycles. The fourth-order valence-electron chi connectivity index (χ4n) is 2.99. The lowest BCUT2D eigenvalue weighted by Crippen LogP contribution is -2.38. The molecule has 0 spiro atoms. The molecule has 1 heterocycles. The lowest BCUT2D eigenvalue weighted by atomic mass is 9.92. The van der Waals surface area contributed by atoms with Gasteiger partial charge in [-0.15, -0.1) is 24.8 Å². The molecule has 0 atom stereocenters. The summed E-state index contributed by atoms with van der Waals surface area (Å²) in [6.07, 6.45) is 1.84. The molecule has 0 unspecified atom stereocenters. The third kappa shape index (κ3) is 6.82. The van der Waals surface area contributed by atoms with Crippen molar-refractivity contribution in [2.45, 2.75) is 34.6 Å². The number of pyridine rings is 1. The highest BCUT2D eigenvalue weighted by atomic mass is 35.5. The summed E-state index contributed by atoms with van der Waals surface area (Å²) in [5.41, 5.74) is 2.22. The number of nitrogens with one attached hydrogen (secondary N) is 1. The maximum atomic E-state index is 5.71. The van der Waals surface area contributed by atoms with Gasteiger partial charge in [0.1, 0.15) is 5.75 Å². The number of rotatable bonds is 9. The number of hydrogen-bond acceptors (Lipinski definition) is 4. The molecule has 1 aromatic carbocycles. The molecule has 0 saturated carbocycles. The smallest absolute Gasteiger partial charge is 0.122 e. The van der Waals surface area contributed by atoms with Crippen molar-refractivity contribution in [2.24, 2.45) is 5.41 Å². The van der Waals surface area contributed by atoms with Crippen LogP contribution in [0.2, 0.25) is 0 Å². The quantitative estimate of drug-likeness (QED) is 0.621. The predicted molar refractivity (Wildman–Crippen MR) is 117 cm³/mol. The van der Waals surface area contributed by atoms with Crippen molar-refractivity contribution in [3.05, 3.63) is 30.5 Å². The van der Waals surface area contributed by atoms with Gasteiger partial charge in [0.05, 0.1) is 17.8 Å². The van der Waals surface area contributed by atoms with Crippen LogP contribution in [-0.4, -0.2) is 42.7 Å². The zero-order valence-electron chi connectivity index (χ0n) is 16.5. The molecule has 4 nitrogen and oxygen atoms in total. The van der Waals surface area contributed by atoms with Gasteiger partial charge in [0, 0.05) is 30.7 Å². The summed E-state index contributed by atoms with van der Waals surface area (Å²) in [6.45, 7) is 15.9. The van der Waals surface area contributed by atoms with Crippen LogP contribution in [-0.2, 0) is 0 Å². The van der Waals surface area contributed by atoms with E-state index < -0.39 is 0 Å². The van der Waals surface area contributed by atoms with Crippen LogP contribution in [0.1, 0.15) is 34.6 Å². The average Bonchev–Trinajstić information content (AvgIpc) is 2.58. The minimum Gasteiger partial charge on any atom is -0.494 e. The first-order chi connectivity index (χ1) is 11.5. The van der Waals surface area contributed by atoms with Crippen molar-refractivity contribution >= 4 is 41.4 Å². The highest BCUT2D eigenvalue weighted by Gasteiger charge is 2.21.